The Morgan fingerprint density at radius 3 is 2.36 bits per heavy atom. The van der Waals surface area contributed by atoms with Crippen LogP contribution >= 0.6 is 0 Å². The van der Waals surface area contributed by atoms with Gasteiger partial charge in [-0.1, -0.05) is 0 Å². The summed E-state index contributed by atoms with van der Waals surface area (Å²) in [6.07, 6.45) is 0.620. The van der Waals surface area contributed by atoms with Crippen molar-refractivity contribution >= 4 is 0 Å². The third-order valence-electron chi connectivity index (χ3n) is 7.78. The van der Waals surface area contributed by atoms with Crippen LogP contribution in [0.15, 0.2) is 0 Å². The van der Waals surface area contributed by atoms with Gasteiger partial charge in [0.15, 0.2) is 0 Å². The Hall–Kier alpha value is -0.410. The van der Waals surface area contributed by atoms with Gasteiger partial charge in [-0.25, -0.2) is 0 Å². The highest BCUT2D eigenvalue weighted by Gasteiger charge is 2.45. The molecular formula is C20H36F3N5. The van der Waals surface area contributed by atoms with Gasteiger partial charge in [-0.2, -0.15) is 13.2 Å². The molecule has 0 amide bonds. The van der Waals surface area contributed by atoms with E-state index in [1.54, 1.807) is 0 Å². The molecule has 1 saturated carbocycles. The van der Waals surface area contributed by atoms with E-state index in [0.717, 1.165) is 45.7 Å². The molecule has 5 atom stereocenters. The first-order chi connectivity index (χ1) is 13.5. The molecule has 0 bridgehead atoms. The van der Waals surface area contributed by atoms with Gasteiger partial charge in [0.2, 0.25) is 0 Å². The number of rotatable bonds is 4. The van der Waals surface area contributed by atoms with Gasteiger partial charge < -0.3 is 16.4 Å². The number of nitrogens with zero attached hydrogens (tertiary/aromatic N) is 1. The number of nitrogens with one attached hydrogen (secondary N) is 3. The molecule has 4 fully saturated rings. The molecule has 162 valence electrons. The number of nitrogens with two attached hydrogens (primary N) is 1. The fourth-order valence-electron chi connectivity index (χ4n) is 5.97. The maximum Gasteiger partial charge on any atom is 0.391 e. The molecule has 1 aliphatic carbocycles. The van der Waals surface area contributed by atoms with E-state index >= 15 is 0 Å². The van der Waals surface area contributed by atoms with Crippen molar-refractivity contribution < 1.29 is 13.2 Å². The van der Waals surface area contributed by atoms with Crippen LogP contribution in [-0.2, 0) is 0 Å². The van der Waals surface area contributed by atoms with Gasteiger partial charge in [-0.05, 0) is 75.9 Å². The predicted octanol–water partition coefficient (Wildman–Crippen LogP) is 1.71. The van der Waals surface area contributed by atoms with E-state index in [1.807, 2.05) is 0 Å². The Balaban J connectivity index is 1.40. The molecule has 28 heavy (non-hydrogen) atoms. The monoisotopic (exact) mass is 403 g/mol. The van der Waals surface area contributed by atoms with E-state index in [2.05, 4.69) is 20.9 Å². The van der Waals surface area contributed by atoms with Gasteiger partial charge >= 0.3 is 6.18 Å². The molecule has 3 heterocycles. The third-order valence-corrected chi connectivity index (χ3v) is 7.78. The molecule has 3 saturated heterocycles. The van der Waals surface area contributed by atoms with Crippen molar-refractivity contribution in [1.82, 2.24) is 20.9 Å². The van der Waals surface area contributed by atoms with Crippen molar-refractivity contribution in [3.63, 3.8) is 0 Å². The molecule has 4 aliphatic rings. The van der Waals surface area contributed by atoms with Gasteiger partial charge in [0.1, 0.15) is 0 Å². The summed E-state index contributed by atoms with van der Waals surface area (Å²) >= 11 is 0. The molecule has 0 aromatic rings. The normalized spacial score (nSPS) is 43.5. The van der Waals surface area contributed by atoms with Crippen molar-refractivity contribution in [3.05, 3.63) is 0 Å². The minimum Gasteiger partial charge on any atom is -0.330 e. The second-order valence-electron chi connectivity index (χ2n) is 9.45. The number of hydrogen-bond acceptors (Lipinski definition) is 5. The second-order valence-corrected chi connectivity index (χ2v) is 9.45. The van der Waals surface area contributed by atoms with E-state index in [0.29, 0.717) is 36.8 Å². The van der Waals surface area contributed by atoms with Gasteiger partial charge in [0.05, 0.1) is 18.2 Å². The van der Waals surface area contributed by atoms with Crippen LogP contribution in [0, 0.1) is 29.6 Å². The quantitative estimate of drug-likeness (QED) is 0.576. The van der Waals surface area contributed by atoms with E-state index in [4.69, 9.17) is 5.73 Å². The molecule has 5 N–H and O–H groups in total. The van der Waals surface area contributed by atoms with Gasteiger partial charge in [0.25, 0.3) is 0 Å². The van der Waals surface area contributed by atoms with Crippen molar-refractivity contribution in [2.24, 2.45) is 35.3 Å². The van der Waals surface area contributed by atoms with Crippen molar-refractivity contribution in [1.29, 1.82) is 0 Å². The van der Waals surface area contributed by atoms with Crippen LogP contribution in [0.25, 0.3) is 0 Å². The molecule has 8 heteroatoms. The summed E-state index contributed by atoms with van der Waals surface area (Å²) in [5.74, 6) is 0.943. The predicted molar refractivity (Wildman–Crippen MR) is 103 cm³/mol. The van der Waals surface area contributed by atoms with Crippen LogP contribution in [0.3, 0.4) is 0 Å². The van der Waals surface area contributed by atoms with Crippen LogP contribution < -0.4 is 21.7 Å². The smallest absolute Gasteiger partial charge is 0.330 e. The second kappa shape index (κ2) is 8.76. The van der Waals surface area contributed by atoms with Crippen molar-refractivity contribution in [2.45, 2.75) is 57.0 Å². The number of hydrogen-bond donors (Lipinski definition) is 4. The zero-order valence-electron chi connectivity index (χ0n) is 16.7. The molecule has 0 aromatic carbocycles. The first-order valence-electron chi connectivity index (χ1n) is 11.2. The summed E-state index contributed by atoms with van der Waals surface area (Å²) in [4.78, 5) is 2.57. The van der Waals surface area contributed by atoms with E-state index in [9.17, 15) is 13.2 Å². The van der Waals surface area contributed by atoms with Crippen LogP contribution in [-0.4, -0.2) is 62.7 Å². The summed E-state index contributed by atoms with van der Waals surface area (Å²) in [7, 11) is 0. The molecule has 5 unspecified atom stereocenters. The van der Waals surface area contributed by atoms with E-state index in [1.165, 1.54) is 6.42 Å². The third kappa shape index (κ3) is 4.51. The lowest BCUT2D eigenvalue weighted by Gasteiger charge is -2.48. The Labute approximate surface area is 166 Å². The Morgan fingerprint density at radius 2 is 1.75 bits per heavy atom. The van der Waals surface area contributed by atoms with Crippen molar-refractivity contribution in [3.8, 4) is 0 Å². The lowest BCUT2D eigenvalue weighted by Crippen LogP contribution is -2.67. The van der Waals surface area contributed by atoms with Crippen LogP contribution in [0.4, 0.5) is 13.2 Å². The standard InChI is InChI=1S/C20H36F3N5/c21-20(22,23)16-3-1-14(2-4-16)18-26-11-17(15-5-7-25-10-15)19(27-18)28-8-6-13(9-24)12-28/h13-19,25-27H,1-12,24H2. The number of alkyl halides is 3. The topological polar surface area (TPSA) is 65.3 Å². The zero-order valence-corrected chi connectivity index (χ0v) is 16.7. The largest absolute Gasteiger partial charge is 0.391 e. The van der Waals surface area contributed by atoms with Gasteiger partial charge in [-0.15, -0.1) is 0 Å². The first-order valence-corrected chi connectivity index (χ1v) is 11.2. The summed E-state index contributed by atoms with van der Waals surface area (Å²) in [5, 5.41) is 11.0. The minimum absolute atomic E-state index is 0.127. The maximum absolute atomic E-state index is 13.0. The SMILES string of the molecule is NCC1CCN(C2NC(C3CCC(C(F)(F)F)CC3)NCC2C2CCNC2)C1. The van der Waals surface area contributed by atoms with Gasteiger partial charge in [-0.3, -0.25) is 10.2 Å². The van der Waals surface area contributed by atoms with Crippen LogP contribution in [0.2, 0.25) is 0 Å². The molecule has 4 rings (SSSR count). The fraction of sp³-hybridized carbons (Fsp3) is 1.00. The number of halogens is 3. The van der Waals surface area contributed by atoms with Crippen LogP contribution in [0.1, 0.15) is 38.5 Å². The highest BCUT2D eigenvalue weighted by atomic mass is 19.4. The first kappa shape index (κ1) is 20.8. The molecule has 3 aliphatic heterocycles. The van der Waals surface area contributed by atoms with E-state index < -0.39 is 12.1 Å². The molecular weight excluding hydrogens is 367 g/mol. The summed E-state index contributed by atoms with van der Waals surface area (Å²) in [6.45, 7) is 5.96. The molecule has 0 radical (unpaired) electrons. The molecule has 0 aromatic heterocycles. The highest BCUT2D eigenvalue weighted by Crippen LogP contribution is 2.41. The Morgan fingerprint density at radius 1 is 0.964 bits per heavy atom. The average Bonchev–Trinajstić information content (AvgIpc) is 3.39. The maximum atomic E-state index is 13.0. The highest BCUT2D eigenvalue weighted by molar-refractivity contribution is 4.97. The lowest BCUT2D eigenvalue weighted by molar-refractivity contribution is -0.185. The summed E-state index contributed by atoms with van der Waals surface area (Å²) in [6, 6.07) is 0. The van der Waals surface area contributed by atoms with Gasteiger partial charge in [0, 0.05) is 25.6 Å². The fourth-order valence-corrected chi connectivity index (χ4v) is 5.97. The summed E-state index contributed by atoms with van der Waals surface area (Å²) < 4.78 is 39.1. The van der Waals surface area contributed by atoms with Crippen molar-refractivity contribution in [2.75, 3.05) is 39.3 Å². The van der Waals surface area contributed by atoms with Crippen LogP contribution in [0.5, 0.6) is 0 Å². The van der Waals surface area contributed by atoms with E-state index in [-0.39, 0.29) is 24.9 Å². The lowest BCUT2D eigenvalue weighted by atomic mass is 9.78. The zero-order chi connectivity index (χ0) is 19.7. The number of likely N-dealkylation sites (tertiary alicyclic amines) is 1. The Kier molecular flexibility index (Phi) is 6.52. The summed E-state index contributed by atoms with van der Waals surface area (Å²) in [5.41, 5.74) is 5.91. The molecule has 0 spiro atoms. The molecule has 5 nitrogen and oxygen atoms in total. The minimum atomic E-state index is -4.03. The Bertz CT molecular complexity index is 503. The average molecular weight is 404 g/mol.